The molecule has 14 heavy (non-hydrogen) atoms. The van der Waals surface area contributed by atoms with Crippen molar-refractivity contribution in [1.29, 1.82) is 0 Å². The van der Waals surface area contributed by atoms with E-state index in [2.05, 4.69) is 7.05 Å². The molecule has 1 amide bonds. The van der Waals surface area contributed by atoms with Gasteiger partial charge in [-0.1, -0.05) is 12.8 Å². The molecule has 1 saturated heterocycles. The van der Waals surface area contributed by atoms with E-state index in [9.17, 15) is 4.79 Å². The molecule has 0 spiro atoms. The van der Waals surface area contributed by atoms with Crippen LogP contribution in [0.15, 0.2) is 0 Å². The van der Waals surface area contributed by atoms with Crippen molar-refractivity contribution in [3.8, 4) is 0 Å². The van der Waals surface area contributed by atoms with E-state index in [1.54, 1.807) is 0 Å². The van der Waals surface area contributed by atoms with E-state index in [1.807, 2.05) is 9.80 Å². The minimum absolute atomic E-state index is 0.339. The quantitative estimate of drug-likeness (QED) is 0.626. The van der Waals surface area contributed by atoms with Gasteiger partial charge in [0.15, 0.2) is 0 Å². The van der Waals surface area contributed by atoms with E-state index in [0.29, 0.717) is 11.8 Å². The molecule has 1 heterocycles. The maximum absolute atomic E-state index is 12.0. The van der Waals surface area contributed by atoms with Crippen molar-refractivity contribution in [2.24, 2.45) is 5.92 Å². The van der Waals surface area contributed by atoms with Gasteiger partial charge in [-0.25, -0.2) is 0 Å². The zero-order valence-corrected chi connectivity index (χ0v) is 8.74. The molecule has 3 nitrogen and oxygen atoms in total. The van der Waals surface area contributed by atoms with Crippen molar-refractivity contribution in [2.45, 2.75) is 25.7 Å². The zero-order valence-electron chi connectivity index (χ0n) is 8.74. The number of nitrogens with zero attached hydrogens (tertiary/aromatic N) is 2. The molecule has 2 rings (SSSR count). The second kappa shape index (κ2) is 4.30. The Balaban J connectivity index is 1.85. The standard InChI is InChI=1S/C11H19N2O/c1-12-6-8-13(9-7-12)11(14)10-4-2-3-5-10/h10H,1-9H2. The minimum Gasteiger partial charge on any atom is -0.340 e. The summed E-state index contributed by atoms with van der Waals surface area (Å²) in [6, 6.07) is 0. The van der Waals surface area contributed by atoms with Crippen LogP contribution < -0.4 is 0 Å². The lowest BCUT2D eigenvalue weighted by atomic mass is 10.1. The molecule has 1 aliphatic heterocycles. The number of amides is 1. The topological polar surface area (TPSA) is 23.6 Å². The normalized spacial score (nSPS) is 25.6. The number of hydrogen-bond donors (Lipinski definition) is 0. The maximum Gasteiger partial charge on any atom is 0.225 e. The smallest absolute Gasteiger partial charge is 0.225 e. The van der Waals surface area contributed by atoms with Gasteiger partial charge in [0.25, 0.3) is 0 Å². The molecule has 1 radical (unpaired) electrons. The fourth-order valence-corrected chi connectivity index (χ4v) is 2.40. The zero-order chi connectivity index (χ0) is 9.97. The Morgan fingerprint density at radius 2 is 1.64 bits per heavy atom. The van der Waals surface area contributed by atoms with Crippen molar-refractivity contribution < 1.29 is 4.79 Å². The molecular weight excluding hydrogens is 176 g/mol. The van der Waals surface area contributed by atoms with Crippen LogP contribution in [0.1, 0.15) is 25.7 Å². The molecule has 1 aliphatic carbocycles. The highest BCUT2D eigenvalue weighted by Gasteiger charge is 2.28. The van der Waals surface area contributed by atoms with Crippen molar-refractivity contribution in [1.82, 2.24) is 9.80 Å². The minimum atomic E-state index is 0.339. The summed E-state index contributed by atoms with van der Waals surface area (Å²) in [5.74, 6) is 0.738. The van der Waals surface area contributed by atoms with Crippen LogP contribution in [0, 0.1) is 13.0 Å². The molecule has 0 unspecified atom stereocenters. The van der Waals surface area contributed by atoms with Gasteiger partial charge in [-0.3, -0.25) is 9.69 Å². The molecule has 0 aromatic heterocycles. The molecular formula is C11H19N2O. The summed E-state index contributed by atoms with van der Waals surface area (Å²) >= 11 is 0. The molecule has 2 aliphatic rings. The Morgan fingerprint density at radius 1 is 1.07 bits per heavy atom. The molecule has 0 N–H and O–H groups in total. The van der Waals surface area contributed by atoms with Gasteiger partial charge in [0.2, 0.25) is 5.91 Å². The SMILES string of the molecule is [CH2]N1CCN(C(=O)C2CCCC2)CC1. The van der Waals surface area contributed by atoms with Gasteiger partial charge in [0, 0.05) is 39.1 Å². The van der Waals surface area contributed by atoms with Crippen LogP contribution in [0.2, 0.25) is 0 Å². The third kappa shape index (κ3) is 2.08. The average molecular weight is 195 g/mol. The lowest BCUT2D eigenvalue weighted by Crippen LogP contribution is -2.48. The van der Waals surface area contributed by atoms with Crippen molar-refractivity contribution in [3.05, 3.63) is 7.05 Å². The Morgan fingerprint density at radius 3 is 2.21 bits per heavy atom. The molecule has 0 bridgehead atoms. The highest BCUT2D eigenvalue weighted by Crippen LogP contribution is 2.26. The molecule has 0 aromatic carbocycles. The molecule has 79 valence electrons. The van der Waals surface area contributed by atoms with Crippen LogP contribution in [0.5, 0.6) is 0 Å². The largest absolute Gasteiger partial charge is 0.340 e. The lowest BCUT2D eigenvalue weighted by Gasteiger charge is -2.33. The first-order valence-corrected chi connectivity index (χ1v) is 5.61. The summed E-state index contributed by atoms with van der Waals surface area (Å²) in [4.78, 5) is 16.1. The number of carbonyl (C=O) groups is 1. The van der Waals surface area contributed by atoms with E-state index < -0.39 is 0 Å². The molecule has 1 saturated carbocycles. The molecule has 2 fully saturated rings. The van der Waals surface area contributed by atoms with E-state index in [4.69, 9.17) is 0 Å². The molecule has 0 aromatic rings. The Kier molecular flexibility index (Phi) is 3.06. The van der Waals surface area contributed by atoms with Crippen LogP contribution in [0.3, 0.4) is 0 Å². The molecule has 3 heteroatoms. The summed E-state index contributed by atoms with van der Waals surface area (Å²) in [7, 11) is 3.88. The van der Waals surface area contributed by atoms with Crippen LogP contribution in [0.4, 0.5) is 0 Å². The third-order valence-corrected chi connectivity index (χ3v) is 3.39. The number of piperazine rings is 1. The van der Waals surface area contributed by atoms with Gasteiger partial charge in [0.1, 0.15) is 0 Å². The molecule has 0 atom stereocenters. The van der Waals surface area contributed by atoms with Crippen molar-refractivity contribution >= 4 is 5.91 Å². The summed E-state index contributed by atoms with van der Waals surface area (Å²) in [5.41, 5.74) is 0. The Hall–Kier alpha value is -0.570. The van der Waals surface area contributed by atoms with Crippen molar-refractivity contribution in [2.75, 3.05) is 26.2 Å². The van der Waals surface area contributed by atoms with Gasteiger partial charge in [-0.2, -0.15) is 0 Å². The predicted molar refractivity (Wildman–Crippen MR) is 55.5 cm³/mol. The summed E-state index contributed by atoms with van der Waals surface area (Å²) in [6.07, 6.45) is 4.71. The summed E-state index contributed by atoms with van der Waals surface area (Å²) in [6.45, 7) is 3.61. The summed E-state index contributed by atoms with van der Waals surface area (Å²) < 4.78 is 0. The van der Waals surface area contributed by atoms with Gasteiger partial charge in [0.05, 0.1) is 0 Å². The van der Waals surface area contributed by atoms with Crippen LogP contribution in [0.25, 0.3) is 0 Å². The van der Waals surface area contributed by atoms with E-state index in [1.165, 1.54) is 12.8 Å². The average Bonchev–Trinajstić information content (AvgIpc) is 2.71. The maximum atomic E-state index is 12.0. The Bertz CT molecular complexity index is 203. The number of hydrogen-bond acceptors (Lipinski definition) is 2. The fraction of sp³-hybridized carbons (Fsp3) is 0.818. The van der Waals surface area contributed by atoms with Gasteiger partial charge in [-0.05, 0) is 12.8 Å². The van der Waals surface area contributed by atoms with Crippen LogP contribution in [-0.2, 0) is 4.79 Å². The first-order valence-electron chi connectivity index (χ1n) is 5.61. The van der Waals surface area contributed by atoms with Gasteiger partial charge in [-0.15, -0.1) is 0 Å². The number of carbonyl (C=O) groups excluding carboxylic acids is 1. The van der Waals surface area contributed by atoms with Gasteiger partial charge < -0.3 is 4.90 Å². The first-order chi connectivity index (χ1) is 6.77. The third-order valence-electron chi connectivity index (χ3n) is 3.39. The highest BCUT2D eigenvalue weighted by atomic mass is 16.2. The Labute approximate surface area is 86.1 Å². The second-order valence-corrected chi connectivity index (χ2v) is 4.42. The fourth-order valence-electron chi connectivity index (χ4n) is 2.40. The first kappa shape index (κ1) is 9.97. The predicted octanol–water partition coefficient (Wildman–Crippen LogP) is 1.11. The summed E-state index contributed by atoms with van der Waals surface area (Å²) in [5, 5.41) is 0. The van der Waals surface area contributed by atoms with Crippen molar-refractivity contribution in [3.63, 3.8) is 0 Å². The lowest BCUT2D eigenvalue weighted by molar-refractivity contribution is -0.136. The van der Waals surface area contributed by atoms with Crippen LogP contribution >= 0.6 is 0 Å². The van der Waals surface area contributed by atoms with Gasteiger partial charge >= 0.3 is 0 Å². The van der Waals surface area contributed by atoms with E-state index in [-0.39, 0.29) is 0 Å². The monoisotopic (exact) mass is 195 g/mol. The highest BCUT2D eigenvalue weighted by molar-refractivity contribution is 5.79. The second-order valence-electron chi connectivity index (χ2n) is 4.42. The number of rotatable bonds is 1. The van der Waals surface area contributed by atoms with E-state index >= 15 is 0 Å². The van der Waals surface area contributed by atoms with Crippen LogP contribution in [-0.4, -0.2) is 41.9 Å². The van der Waals surface area contributed by atoms with E-state index in [0.717, 1.165) is 39.0 Å².